The molecule has 3 heteroatoms. The van der Waals surface area contributed by atoms with Crippen LogP contribution in [-0.4, -0.2) is 24.4 Å². The monoisotopic (exact) mass is 237 g/mol. The first-order valence-corrected chi connectivity index (χ1v) is 5.98. The number of hydrogen-bond donors (Lipinski definition) is 0. The molecule has 0 heterocycles. The highest BCUT2D eigenvalue weighted by atomic mass is 19.1. The van der Waals surface area contributed by atoms with Crippen LogP contribution < -0.4 is 0 Å². The normalized spacial score (nSPS) is 12.3. The Labute approximate surface area is 102 Å². The van der Waals surface area contributed by atoms with Crippen LogP contribution in [0, 0.1) is 18.7 Å². The summed E-state index contributed by atoms with van der Waals surface area (Å²) in [5, 5.41) is 0. The molecule has 1 rings (SSSR count). The quantitative estimate of drug-likeness (QED) is 0.787. The zero-order valence-electron chi connectivity index (χ0n) is 11.0. The number of aryl methyl sites for hydroxylation is 1. The molecular formula is C14H20FNO. The van der Waals surface area contributed by atoms with Gasteiger partial charge in [-0.05, 0) is 24.5 Å². The molecule has 0 bridgehead atoms. The molecule has 1 aromatic rings. The molecule has 1 unspecified atom stereocenters. The van der Waals surface area contributed by atoms with E-state index in [1.165, 1.54) is 6.07 Å². The number of hydrogen-bond acceptors (Lipinski definition) is 1. The van der Waals surface area contributed by atoms with E-state index in [2.05, 4.69) is 13.8 Å². The van der Waals surface area contributed by atoms with Gasteiger partial charge in [-0.1, -0.05) is 32.4 Å². The van der Waals surface area contributed by atoms with Crippen LogP contribution in [0.2, 0.25) is 0 Å². The summed E-state index contributed by atoms with van der Waals surface area (Å²) in [6, 6.07) is 4.92. The third-order valence-corrected chi connectivity index (χ3v) is 3.05. The molecule has 0 saturated carbocycles. The second-order valence-corrected chi connectivity index (χ2v) is 4.64. The zero-order chi connectivity index (χ0) is 13.0. The van der Waals surface area contributed by atoms with Crippen molar-refractivity contribution >= 4 is 5.91 Å². The Kier molecular flexibility index (Phi) is 4.67. The van der Waals surface area contributed by atoms with E-state index in [4.69, 9.17) is 0 Å². The standard InChI is InChI=1S/C14H20FNO/c1-5-10(2)9-16(4)14(17)12-8-6-7-11(3)13(12)15/h6-8,10H,5,9H2,1-4H3. The van der Waals surface area contributed by atoms with Gasteiger partial charge in [-0.25, -0.2) is 4.39 Å². The first kappa shape index (κ1) is 13.7. The van der Waals surface area contributed by atoms with Gasteiger partial charge in [0, 0.05) is 13.6 Å². The smallest absolute Gasteiger partial charge is 0.256 e. The molecule has 0 fully saturated rings. The van der Waals surface area contributed by atoms with Gasteiger partial charge in [-0.15, -0.1) is 0 Å². The van der Waals surface area contributed by atoms with E-state index in [0.29, 0.717) is 18.0 Å². The summed E-state index contributed by atoms with van der Waals surface area (Å²) >= 11 is 0. The lowest BCUT2D eigenvalue weighted by Gasteiger charge is -2.21. The Morgan fingerprint density at radius 2 is 2.12 bits per heavy atom. The van der Waals surface area contributed by atoms with Crippen molar-refractivity contribution in [3.63, 3.8) is 0 Å². The Balaban J connectivity index is 2.85. The number of halogens is 1. The summed E-state index contributed by atoms with van der Waals surface area (Å²) in [6.07, 6.45) is 1.01. The third-order valence-electron chi connectivity index (χ3n) is 3.05. The molecule has 0 aliphatic heterocycles. The minimum Gasteiger partial charge on any atom is -0.341 e. The van der Waals surface area contributed by atoms with Crippen molar-refractivity contribution in [2.45, 2.75) is 27.2 Å². The Morgan fingerprint density at radius 3 is 2.71 bits per heavy atom. The minimum atomic E-state index is -0.409. The maximum absolute atomic E-state index is 13.8. The molecule has 0 spiro atoms. The summed E-state index contributed by atoms with van der Waals surface area (Å²) in [5.41, 5.74) is 0.670. The molecule has 1 aromatic carbocycles. The van der Waals surface area contributed by atoms with E-state index in [1.807, 2.05) is 0 Å². The number of nitrogens with zero attached hydrogens (tertiary/aromatic N) is 1. The van der Waals surface area contributed by atoms with Gasteiger partial charge in [0.25, 0.3) is 5.91 Å². The molecule has 0 N–H and O–H groups in total. The number of rotatable bonds is 4. The van der Waals surface area contributed by atoms with Crippen LogP contribution in [0.5, 0.6) is 0 Å². The van der Waals surface area contributed by atoms with Crippen LogP contribution >= 0.6 is 0 Å². The topological polar surface area (TPSA) is 20.3 Å². The Morgan fingerprint density at radius 1 is 1.47 bits per heavy atom. The van der Waals surface area contributed by atoms with Crippen molar-refractivity contribution in [1.82, 2.24) is 4.90 Å². The van der Waals surface area contributed by atoms with Crippen molar-refractivity contribution in [2.75, 3.05) is 13.6 Å². The van der Waals surface area contributed by atoms with Crippen LogP contribution in [0.15, 0.2) is 18.2 Å². The van der Waals surface area contributed by atoms with Crippen molar-refractivity contribution in [1.29, 1.82) is 0 Å². The summed E-state index contributed by atoms with van der Waals surface area (Å²) in [7, 11) is 1.72. The third kappa shape index (κ3) is 3.29. The average Bonchev–Trinajstić information content (AvgIpc) is 2.31. The van der Waals surface area contributed by atoms with E-state index < -0.39 is 5.82 Å². The van der Waals surface area contributed by atoms with E-state index in [9.17, 15) is 9.18 Å². The van der Waals surface area contributed by atoms with E-state index in [1.54, 1.807) is 31.0 Å². The average molecular weight is 237 g/mol. The highest BCUT2D eigenvalue weighted by molar-refractivity contribution is 5.94. The Bertz CT molecular complexity index is 403. The second kappa shape index (κ2) is 5.80. The predicted molar refractivity (Wildman–Crippen MR) is 67.6 cm³/mol. The van der Waals surface area contributed by atoms with Gasteiger partial charge in [-0.3, -0.25) is 4.79 Å². The number of carbonyl (C=O) groups excluding carboxylic acids is 1. The minimum absolute atomic E-state index is 0.163. The van der Waals surface area contributed by atoms with Gasteiger partial charge in [0.15, 0.2) is 0 Å². The SMILES string of the molecule is CCC(C)CN(C)C(=O)c1cccc(C)c1F. The van der Waals surface area contributed by atoms with E-state index >= 15 is 0 Å². The molecule has 1 atom stereocenters. The first-order valence-electron chi connectivity index (χ1n) is 5.98. The molecule has 0 radical (unpaired) electrons. The van der Waals surface area contributed by atoms with E-state index in [0.717, 1.165) is 6.42 Å². The van der Waals surface area contributed by atoms with Crippen LogP contribution in [0.25, 0.3) is 0 Å². The van der Waals surface area contributed by atoms with Gasteiger partial charge in [0.2, 0.25) is 0 Å². The molecule has 17 heavy (non-hydrogen) atoms. The maximum atomic E-state index is 13.8. The maximum Gasteiger partial charge on any atom is 0.256 e. The Hall–Kier alpha value is -1.38. The first-order chi connectivity index (χ1) is 7.97. The molecule has 0 saturated heterocycles. The zero-order valence-corrected chi connectivity index (χ0v) is 11.0. The highest BCUT2D eigenvalue weighted by Crippen LogP contribution is 2.14. The van der Waals surface area contributed by atoms with Crippen LogP contribution in [0.1, 0.15) is 36.2 Å². The van der Waals surface area contributed by atoms with Gasteiger partial charge in [0.1, 0.15) is 5.82 Å². The van der Waals surface area contributed by atoms with Gasteiger partial charge in [-0.2, -0.15) is 0 Å². The van der Waals surface area contributed by atoms with Gasteiger partial charge in [0.05, 0.1) is 5.56 Å². The second-order valence-electron chi connectivity index (χ2n) is 4.64. The lowest BCUT2D eigenvalue weighted by molar-refractivity contribution is 0.0770. The lowest BCUT2D eigenvalue weighted by Crippen LogP contribution is -2.31. The molecule has 1 amide bonds. The summed E-state index contributed by atoms with van der Waals surface area (Å²) < 4.78 is 13.8. The fraction of sp³-hybridized carbons (Fsp3) is 0.500. The highest BCUT2D eigenvalue weighted by Gasteiger charge is 2.18. The van der Waals surface area contributed by atoms with E-state index in [-0.39, 0.29) is 11.5 Å². The number of carbonyl (C=O) groups is 1. The molecule has 0 aliphatic rings. The molecular weight excluding hydrogens is 217 g/mol. The van der Waals surface area contributed by atoms with Crippen LogP contribution in [-0.2, 0) is 0 Å². The fourth-order valence-corrected chi connectivity index (χ4v) is 1.70. The largest absolute Gasteiger partial charge is 0.341 e. The summed E-state index contributed by atoms with van der Waals surface area (Å²) in [5.74, 6) is -0.225. The van der Waals surface area contributed by atoms with Crippen molar-refractivity contribution in [3.8, 4) is 0 Å². The van der Waals surface area contributed by atoms with Crippen LogP contribution in [0.3, 0.4) is 0 Å². The lowest BCUT2D eigenvalue weighted by atomic mass is 10.1. The number of amides is 1. The fourth-order valence-electron chi connectivity index (χ4n) is 1.70. The summed E-state index contributed by atoms with van der Waals surface area (Å²) in [4.78, 5) is 13.6. The number of benzene rings is 1. The predicted octanol–water partition coefficient (Wildman–Crippen LogP) is 3.25. The van der Waals surface area contributed by atoms with Gasteiger partial charge < -0.3 is 4.90 Å². The molecule has 94 valence electrons. The van der Waals surface area contributed by atoms with Crippen LogP contribution in [0.4, 0.5) is 4.39 Å². The molecule has 2 nitrogen and oxygen atoms in total. The van der Waals surface area contributed by atoms with Crippen molar-refractivity contribution < 1.29 is 9.18 Å². The van der Waals surface area contributed by atoms with Crippen molar-refractivity contribution in [3.05, 3.63) is 35.1 Å². The molecule has 0 aliphatic carbocycles. The summed E-state index contributed by atoms with van der Waals surface area (Å²) in [6.45, 7) is 6.48. The molecule has 0 aromatic heterocycles. The van der Waals surface area contributed by atoms with Gasteiger partial charge >= 0.3 is 0 Å². The van der Waals surface area contributed by atoms with Crippen molar-refractivity contribution in [2.24, 2.45) is 5.92 Å².